The van der Waals surface area contributed by atoms with E-state index in [4.69, 9.17) is 9.97 Å². The molecule has 3 aromatic rings. The molecule has 2 amide bonds. The average Bonchev–Trinajstić information content (AvgIpc) is 2.80. The Labute approximate surface area is 189 Å². The van der Waals surface area contributed by atoms with Crippen molar-refractivity contribution in [2.45, 2.75) is 51.1 Å². The zero-order chi connectivity index (χ0) is 22.5. The van der Waals surface area contributed by atoms with Gasteiger partial charge >= 0.3 is 6.03 Å². The molecular formula is C25H32N6O. The molecule has 1 aliphatic rings. The third kappa shape index (κ3) is 5.10. The zero-order valence-corrected chi connectivity index (χ0v) is 19.1. The second-order valence-corrected chi connectivity index (χ2v) is 8.58. The van der Waals surface area contributed by atoms with E-state index in [-0.39, 0.29) is 12.1 Å². The SMILES string of the molecule is CCc1ccccc1NC(=O)N[C@H]1CC[C@@H](Nc2nc(N(C)C)c3ccccc3n2)CC1. The van der Waals surface area contributed by atoms with Crippen molar-refractivity contribution in [3.63, 3.8) is 0 Å². The summed E-state index contributed by atoms with van der Waals surface area (Å²) in [6, 6.07) is 16.4. The monoisotopic (exact) mass is 432 g/mol. The number of nitrogens with one attached hydrogen (secondary N) is 3. The number of fused-ring (bicyclic) bond motifs is 1. The third-order valence-corrected chi connectivity index (χ3v) is 6.05. The molecule has 32 heavy (non-hydrogen) atoms. The van der Waals surface area contributed by atoms with Gasteiger partial charge < -0.3 is 20.9 Å². The second kappa shape index (κ2) is 9.85. The quantitative estimate of drug-likeness (QED) is 0.521. The molecule has 1 aliphatic carbocycles. The minimum atomic E-state index is -0.129. The number of carbonyl (C=O) groups is 1. The van der Waals surface area contributed by atoms with Gasteiger partial charge in [0, 0.05) is 37.3 Å². The molecule has 2 aromatic carbocycles. The van der Waals surface area contributed by atoms with Crippen LogP contribution in [-0.4, -0.2) is 42.2 Å². The number of rotatable bonds is 6. The average molecular weight is 433 g/mol. The maximum Gasteiger partial charge on any atom is 0.319 e. The molecule has 7 heteroatoms. The van der Waals surface area contributed by atoms with Gasteiger partial charge in [-0.15, -0.1) is 0 Å². The van der Waals surface area contributed by atoms with Crippen LogP contribution in [0.5, 0.6) is 0 Å². The predicted octanol–water partition coefficient (Wildman–Crippen LogP) is 4.80. The molecule has 1 saturated carbocycles. The van der Waals surface area contributed by atoms with Crippen molar-refractivity contribution >= 4 is 34.4 Å². The predicted molar refractivity (Wildman–Crippen MR) is 132 cm³/mol. The molecule has 4 rings (SSSR count). The van der Waals surface area contributed by atoms with Gasteiger partial charge in [0.05, 0.1) is 5.52 Å². The summed E-state index contributed by atoms with van der Waals surface area (Å²) in [4.78, 5) is 24.0. The highest BCUT2D eigenvalue weighted by atomic mass is 16.2. The third-order valence-electron chi connectivity index (χ3n) is 6.05. The Balaban J connectivity index is 1.33. The fourth-order valence-electron chi connectivity index (χ4n) is 4.32. The van der Waals surface area contributed by atoms with E-state index < -0.39 is 0 Å². The van der Waals surface area contributed by atoms with Crippen molar-refractivity contribution in [1.29, 1.82) is 0 Å². The van der Waals surface area contributed by atoms with Crippen molar-refractivity contribution in [1.82, 2.24) is 15.3 Å². The van der Waals surface area contributed by atoms with Crippen molar-refractivity contribution < 1.29 is 4.79 Å². The molecule has 0 radical (unpaired) electrons. The number of nitrogens with zero attached hydrogens (tertiary/aromatic N) is 3. The van der Waals surface area contributed by atoms with E-state index >= 15 is 0 Å². The molecule has 168 valence electrons. The molecule has 0 bridgehead atoms. The number of para-hydroxylation sites is 2. The van der Waals surface area contributed by atoms with Gasteiger partial charge in [-0.1, -0.05) is 37.3 Å². The normalized spacial score (nSPS) is 18.2. The Bertz CT molecular complexity index is 1070. The highest BCUT2D eigenvalue weighted by molar-refractivity contribution is 5.91. The molecule has 0 saturated heterocycles. The van der Waals surface area contributed by atoms with Crippen molar-refractivity contribution in [2.24, 2.45) is 0 Å². The number of carbonyl (C=O) groups excluding carboxylic acids is 1. The van der Waals surface area contributed by atoms with E-state index in [9.17, 15) is 4.79 Å². The molecule has 7 nitrogen and oxygen atoms in total. The Kier molecular flexibility index (Phi) is 6.73. The van der Waals surface area contributed by atoms with Crippen LogP contribution < -0.4 is 20.9 Å². The van der Waals surface area contributed by atoms with Crippen LogP contribution in [-0.2, 0) is 6.42 Å². The summed E-state index contributed by atoms with van der Waals surface area (Å²) < 4.78 is 0. The molecule has 0 spiro atoms. The minimum Gasteiger partial charge on any atom is -0.362 e. The molecule has 3 N–H and O–H groups in total. The standard InChI is InChI=1S/C25H32N6O/c1-4-17-9-5-7-11-21(17)29-25(32)27-19-15-13-18(14-16-19)26-24-28-22-12-8-6-10-20(22)23(30-24)31(2)3/h5-12,18-19H,4,13-16H2,1-3H3,(H,26,28,30)(H2,27,29,32)/t18-,19+. The van der Waals surface area contributed by atoms with Crippen LogP contribution in [0.1, 0.15) is 38.2 Å². The van der Waals surface area contributed by atoms with E-state index in [2.05, 4.69) is 28.9 Å². The summed E-state index contributed by atoms with van der Waals surface area (Å²) in [5.74, 6) is 1.58. The highest BCUT2D eigenvalue weighted by Gasteiger charge is 2.23. The van der Waals surface area contributed by atoms with Crippen molar-refractivity contribution in [3.05, 3.63) is 54.1 Å². The van der Waals surface area contributed by atoms with Crippen LogP contribution >= 0.6 is 0 Å². The van der Waals surface area contributed by atoms with E-state index in [1.807, 2.05) is 61.5 Å². The largest absolute Gasteiger partial charge is 0.362 e. The van der Waals surface area contributed by atoms with E-state index in [1.165, 1.54) is 0 Å². The van der Waals surface area contributed by atoms with Gasteiger partial charge in [-0.2, -0.15) is 4.98 Å². The number of benzene rings is 2. The van der Waals surface area contributed by atoms with Gasteiger partial charge in [0.2, 0.25) is 5.95 Å². The van der Waals surface area contributed by atoms with Gasteiger partial charge in [0.15, 0.2) is 0 Å². The topological polar surface area (TPSA) is 82.2 Å². The van der Waals surface area contributed by atoms with Crippen molar-refractivity contribution in [2.75, 3.05) is 29.6 Å². The van der Waals surface area contributed by atoms with Gasteiger partial charge in [-0.3, -0.25) is 0 Å². The number of hydrogen-bond acceptors (Lipinski definition) is 5. The summed E-state index contributed by atoms with van der Waals surface area (Å²) in [5.41, 5.74) is 2.96. The van der Waals surface area contributed by atoms with Gasteiger partial charge in [-0.05, 0) is 55.9 Å². The lowest BCUT2D eigenvalue weighted by molar-refractivity contribution is 0.243. The number of aryl methyl sites for hydroxylation is 1. The van der Waals surface area contributed by atoms with Crippen LogP contribution in [0.2, 0.25) is 0 Å². The number of amides is 2. The summed E-state index contributed by atoms with van der Waals surface area (Å²) in [6.45, 7) is 2.09. The Morgan fingerprint density at radius 3 is 2.41 bits per heavy atom. The zero-order valence-electron chi connectivity index (χ0n) is 19.1. The number of anilines is 3. The Morgan fingerprint density at radius 2 is 1.66 bits per heavy atom. The molecule has 1 fully saturated rings. The highest BCUT2D eigenvalue weighted by Crippen LogP contribution is 2.26. The van der Waals surface area contributed by atoms with Crippen molar-refractivity contribution in [3.8, 4) is 0 Å². The van der Waals surface area contributed by atoms with Gasteiger partial charge in [0.25, 0.3) is 0 Å². The number of urea groups is 1. The number of aromatic nitrogens is 2. The Morgan fingerprint density at radius 1 is 0.969 bits per heavy atom. The lowest BCUT2D eigenvalue weighted by atomic mass is 9.91. The maximum atomic E-state index is 12.5. The van der Waals surface area contributed by atoms with Crippen LogP contribution in [0.4, 0.5) is 22.2 Å². The molecule has 0 atom stereocenters. The lowest BCUT2D eigenvalue weighted by Crippen LogP contribution is -2.42. The van der Waals surface area contributed by atoms with Gasteiger partial charge in [0.1, 0.15) is 5.82 Å². The second-order valence-electron chi connectivity index (χ2n) is 8.58. The molecule has 1 heterocycles. The first kappa shape index (κ1) is 21.9. The maximum absolute atomic E-state index is 12.5. The van der Waals surface area contributed by atoms with Crippen LogP contribution in [0.3, 0.4) is 0 Å². The fourth-order valence-corrected chi connectivity index (χ4v) is 4.32. The van der Waals surface area contributed by atoms with E-state index in [0.29, 0.717) is 12.0 Å². The van der Waals surface area contributed by atoms with E-state index in [0.717, 1.165) is 60.1 Å². The first-order valence-electron chi connectivity index (χ1n) is 11.4. The summed E-state index contributed by atoms with van der Waals surface area (Å²) in [7, 11) is 4.00. The van der Waals surface area contributed by atoms with Crippen LogP contribution in [0.25, 0.3) is 10.9 Å². The Hall–Kier alpha value is -3.35. The summed E-state index contributed by atoms with van der Waals surface area (Å²) in [5, 5.41) is 10.7. The minimum absolute atomic E-state index is 0.129. The smallest absolute Gasteiger partial charge is 0.319 e. The fraction of sp³-hybridized carbons (Fsp3) is 0.400. The first-order valence-corrected chi connectivity index (χ1v) is 11.4. The molecule has 0 aliphatic heterocycles. The lowest BCUT2D eigenvalue weighted by Gasteiger charge is -2.30. The summed E-state index contributed by atoms with van der Waals surface area (Å²) in [6.07, 6.45) is 4.66. The molecule has 0 unspecified atom stereocenters. The van der Waals surface area contributed by atoms with Crippen LogP contribution in [0, 0.1) is 0 Å². The number of hydrogen-bond donors (Lipinski definition) is 3. The van der Waals surface area contributed by atoms with E-state index in [1.54, 1.807) is 0 Å². The van der Waals surface area contributed by atoms with Gasteiger partial charge in [-0.25, -0.2) is 9.78 Å². The summed E-state index contributed by atoms with van der Waals surface area (Å²) >= 11 is 0. The van der Waals surface area contributed by atoms with Crippen LogP contribution in [0.15, 0.2) is 48.5 Å². The first-order chi connectivity index (χ1) is 15.5. The molecule has 1 aromatic heterocycles. The molecular weight excluding hydrogens is 400 g/mol.